The Balaban J connectivity index is 1.73. The van der Waals surface area contributed by atoms with Gasteiger partial charge in [-0.1, -0.05) is 30.3 Å². The molecule has 2 atom stereocenters. The molecule has 1 fully saturated rings. The van der Waals surface area contributed by atoms with Crippen LogP contribution >= 0.6 is 0 Å². The molecule has 0 radical (unpaired) electrons. The summed E-state index contributed by atoms with van der Waals surface area (Å²) in [5.41, 5.74) is 0.476. The molecule has 0 N–H and O–H groups in total. The maximum atomic E-state index is 12.4. The molecular weight excluding hydrogens is 306 g/mol. The second-order valence-corrected chi connectivity index (χ2v) is 6.16. The van der Waals surface area contributed by atoms with Gasteiger partial charge in [-0.3, -0.25) is 9.59 Å². The summed E-state index contributed by atoms with van der Waals surface area (Å²) >= 11 is 0. The molecule has 1 amide bonds. The van der Waals surface area contributed by atoms with Crippen molar-refractivity contribution in [2.75, 3.05) is 19.7 Å². The lowest BCUT2D eigenvalue weighted by atomic mass is 10.0. The summed E-state index contributed by atoms with van der Waals surface area (Å²) in [6.07, 6.45) is 0.814. The van der Waals surface area contributed by atoms with Crippen LogP contribution in [0.4, 0.5) is 0 Å². The Bertz CT molecular complexity index is 748. The Morgan fingerprint density at radius 1 is 1.21 bits per heavy atom. The van der Waals surface area contributed by atoms with Crippen molar-refractivity contribution >= 4 is 23.0 Å². The van der Waals surface area contributed by atoms with E-state index in [1.807, 2.05) is 44.2 Å². The van der Waals surface area contributed by atoms with Crippen LogP contribution in [0.25, 0.3) is 10.8 Å². The first-order valence-corrected chi connectivity index (χ1v) is 8.11. The fourth-order valence-electron chi connectivity index (χ4n) is 3.14. The van der Waals surface area contributed by atoms with Gasteiger partial charge in [0.2, 0.25) is 0 Å². The number of carbonyl (C=O) groups is 2. The highest BCUT2D eigenvalue weighted by Crippen LogP contribution is 2.26. The second kappa shape index (κ2) is 7.01. The number of fused-ring (bicyclic) bond motifs is 1. The predicted octanol–water partition coefficient (Wildman–Crippen LogP) is 2.67. The highest BCUT2D eigenvalue weighted by Gasteiger charge is 2.26. The molecule has 0 aliphatic carbocycles. The zero-order valence-corrected chi connectivity index (χ0v) is 13.9. The third-order valence-electron chi connectivity index (χ3n) is 4.17. The first kappa shape index (κ1) is 16.5. The molecular formula is C19H21NO4. The van der Waals surface area contributed by atoms with Crippen molar-refractivity contribution in [2.45, 2.75) is 26.1 Å². The molecule has 1 heterocycles. The number of ether oxygens (including phenoxy) is 2. The third-order valence-corrected chi connectivity index (χ3v) is 4.17. The molecule has 24 heavy (non-hydrogen) atoms. The summed E-state index contributed by atoms with van der Waals surface area (Å²) in [4.78, 5) is 25.6. The fraction of sp³-hybridized carbons (Fsp3) is 0.368. The van der Waals surface area contributed by atoms with Gasteiger partial charge in [-0.2, -0.15) is 0 Å². The SMILES string of the molecule is C[C@@H]1CN(C(=O)COc2ccc3ccccc3c2C=O)C[C@@H](C)O1. The quantitative estimate of drug-likeness (QED) is 0.810. The minimum Gasteiger partial charge on any atom is -0.483 e. The van der Waals surface area contributed by atoms with Gasteiger partial charge in [-0.05, 0) is 30.7 Å². The van der Waals surface area contributed by atoms with Gasteiger partial charge in [0, 0.05) is 13.1 Å². The molecule has 2 aromatic carbocycles. The van der Waals surface area contributed by atoms with Crippen LogP contribution in [0, 0.1) is 0 Å². The topological polar surface area (TPSA) is 55.8 Å². The van der Waals surface area contributed by atoms with E-state index in [9.17, 15) is 9.59 Å². The standard InChI is InChI=1S/C19H21NO4/c1-13-9-20(10-14(2)24-13)19(22)12-23-18-8-7-15-5-3-4-6-16(15)17(18)11-21/h3-8,11,13-14H,9-10,12H2,1-2H3/t13-,14-/m1/s1. The van der Waals surface area contributed by atoms with E-state index in [0.29, 0.717) is 24.4 Å². The van der Waals surface area contributed by atoms with E-state index < -0.39 is 0 Å². The number of aldehydes is 1. The van der Waals surface area contributed by atoms with Gasteiger partial charge in [0.25, 0.3) is 5.91 Å². The molecule has 2 aromatic rings. The lowest BCUT2D eigenvalue weighted by Crippen LogP contribution is -2.49. The highest BCUT2D eigenvalue weighted by molar-refractivity contribution is 6.00. The molecule has 1 saturated heterocycles. The Morgan fingerprint density at radius 3 is 2.62 bits per heavy atom. The molecule has 0 unspecified atom stereocenters. The molecule has 0 saturated carbocycles. The Hall–Kier alpha value is -2.40. The Labute approximate surface area is 141 Å². The van der Waals surface area contributed by atoms with Crippen molar-refractivity contribution in [3.05, 3.63) is 42.0 Å². The zero-order chi connectivity index (χ0) is 17.1. The summed E-state index contributed by atoms with van der Waals surface area (Å²) < 4.78 is 11.3. The maximum absolute atomic E-state index is 12.4. The van der Waals surface area contributed by atoms with E-state index in [2.05, 4.69) is 0 Å². The molecule has 126 valence electrons. The summed E-state index contributed by atoms with van der Waals surface area (Å²) in [6, 6.07) is 11.2. The van der Waals surface area contributed by atoms with E-state index in [4.69, 9.17) is 9.47 Å². The van der Waals surface area contributed by atoms with Gasteiger partial charge in [0.15, 0.2) is 12.9 Å². The summed E-state index contributed by atoms with van der Waals surface area (Å²) in [5, 5.41) is 1.79. The van der Waals surface area contributed by atoms with E-state index in [1.165, 1.54) is 0 Å². The maximum Gasteiger partial charge on any atom is 0.260 e. The first-order chi connectivity index (χ1) is 11.6. The number of amides is 1. The number of hydrogen-bond donors (Lipinski definition) is 0. The van der Waals surface area contributed by atoms with Crippen LogP contribution < -0.4 is 4.74 Å². The molecule has 1 aliphatic rings. The number of rotatable bonds is 4. The van der Waals surface area contributed by atoms with Crippen LogP contribution in [-0.4, -0.2) is 49.0 Å². The predicted molar refractivity (Wildman–Crippen MR) is 91.4 cm³/mol. The molecule has 0 spiro atoms. The molecule has 5 nitrogen and oxygen atoms in total. The number of nitrogens with zero attached hydrogens (tertiary/aromatic N) is 1. The number of morpholine rings is 1. The van der Waals surface area contributed by atoms with Crippen molar-refractivity contribution in [3.63, 3.8) is 0 Å². The highest BCUT2D eigenvalue weighted by atomic mass is 16.5. The molecule has 1 aliphatic heterocycles. The van der Waals surface area contributed by atoms with Gasteiger partial charge in [0.1, 0.15) is 5.75 Å². The monoisotopic (exact) mass is 327 g/mol. The average molecular weight is 327 g/mol. The number of carbonyl (C=O) groups excluding carboxylic acids is 2. The Morgan fingerprint density at radius 2 is 1.92 bits per heavy atom. The lowest BCUT2D eigenvalue weighted by molar-refractivity contribution is -0.145. The van der Waals surface area contributed by atoms with Crippen molar-refractivity contribution in [2.24, 2.45) is 0 Å². The van der Waals surface area contributed by atoms with Gasteiger partial charge < -0.3 is 14.4 Å². The van der Waals surface area contributed by atoms with Gasteiger partial charge >= 0.3 is 0 Å². The first-order valence-electron chi connectivity index (χ1n) is 8.11. The third kappa shape index (κ3) is 3.41. The normalized spacial score (nSPS) is 20.8. The van der Waals surface area contributed by atoms with Crippen molar-refractivity contribution in [1.29, 1.82) is 0 Å². The van der Waals surface area contributed by atoms with E-state index in [-0.39, 0.29) is 24.7 Å². The van der Waals surface area contributed by atoms with Crippen LogP contribution in [0.3, 0.4) is 0 Å². The number of benzene rings is 2. The van der Waals surface area contributed by atoms with Crippen LogP contribution in [0.5, 0.6) is 5.75 Å². The number of hydrogen-bond acceptors (Lipinski definition) is 4. The second-order valence-electron chi connectivity index (χ2n) is 6.16. The van der Waals surface area contributed by atoms with Crippen LogP contribution in [0.2, 0.25) is 0 Å². The van der Waals surface area contributed by atoms with Gasteiger partial charge in [-0.15, -0.1) is 0 Å². The van der Waals surface area contributed by atoms with Crippen molar-refractivity contribution in [3.8, 4) is 5.75 Å². The van der Waals surface area contributed by atoms with Crippen LogP contribution in [0.15, 0.2) is 36.4 Å². The summed E-state index contributed by atoms with van der Waals surface area (Å²) in [7, 11) is 0. The average Bonchev–Trinajstić information content (AvgIpc) is 2.58. The van der Waals surface area contributed by atoms with Gasteiger partial charge in [0.05, 0.1) is 17.8 Å². The molecule has 5 heteroatoms. The van der Waals surface area contributed by atoms with Crippen molar-refractivity contribution in [1.82, 2.24) is 4.90 Å². The minimum atomic E-state index is -0.0954. The Kier molecular flexibility index (Phi) is 4.81. The smallest absolute Gasteiger partial charge is 0.260 e. The van der Waals surface area contributed by atoms with Crippen molar-refractivity contribution < 1.29 is 19.1 Å². The largest absolute Gasteiger partial charge is 0.483 e. The van der Waals surface area contributed by atoms with Gasteiger partial charge in [-0.25, -0.2) is 0 Å². The van der Waals surface area contributed by atoms with E-state index in [0.717, 1.165) is 17.1 Å². The van der Waals surface area contributed by atoms with Crippen LogP contribution in [0.1, 0.15) is 24.2 Å². The molecule has 3 rings (SSSR count). The molecule has 0 bridgehead atoms. The van der Waals surface area contributed by atoms with E-state index >= 15 is 0 Å². The fourth-order valence-corrected chi connectivity index (χ4v) is 3.14. The van der Waals surface area contributed by atoms with Crippen LogP contribution in [-0.2, 0) is 9.53 Å². The molecule has 0 aromatic heterocycles. The van der Waals surface area contributed by atoms with E-state index in [1.54, 1.807) is 11.0 Å². The lowest BCUT2D eigenvalue weighted by Gasteiger charge is -2.35. The summed E-state index contributed by atoms with van der Waals surface area (Å²) in [5.74, 6) is 0.341. The summed E-state index contributed by atoms with van der Waals surface area (Å²) in [6.45, 7) is 4.93. The minimum absolute atomic E-state index is 0.0175. The zero-order valence-electron chi connectivity index (χ0n) is 13.9.